The molecule has 0 radical (unpaired) electrons. The lowest BCUT2D eigenvalue weighted by molar-refractivity contribution is 0.0761. The van der Waals surface area contributed by atoms with Gasteiger partial charge in [-0.25, -0.2) is 8.42 Å². The molecule has 3 rings (SSSR count). The summed E-state index contributed by atoms with van der Waals surface area (Å²) in [4.78, 5) is 17.4. The molecular formula is C25H34ClN3O3S. The van der Waals surface area contributed by atoms with E-state index in [-0.39, 0.29) is 15.8 Å². The predicted molar refractivity (Wildman–Crippen MR) is 133 cm³/mol. The SMILES string of the molecule is CCN(CC)S(=O)(=O)c1cc(C(=O)N2CCCN(CCCc3ccccc3)CC2)ccc1Cl. The van der Waals surface area contributed by atoms with Crippen molar-refractivity contribution in [3.63, 3.8) is 0 Å². The van der Waals surface area contributed by atoms with Crippen molar-refractivity contribution in [3.05, 3.63) is 64.7 Å². The Hall–Kier alpha value is -1.93. The summed E-state index contributed by atoms with van der Waals surface area (Å²) in [5, 5.41) is 0.138. The van der Waals surface area contributed by atoms with Crippen molar-refractivity contribution in [3.8, 4) is 0 Å². The van der Waals surface area contributed by atoms with E-state index in [1.54, 1.807) is 19.9 Å². The van der Waals surface area contributed by atoms with E-state index in [1.165, 1.54) is 22.0 Å². The Morgan fingerprint density at radius 3 is 2.42 bits per heavy atom. The van der Waals surface area contributed by atoms with Crippen molar-refractivity contribution in [1.82, 2.24) is 14.1 Å². The Labute approximate surface area is 203 Å². The summed E-state index contributed by atoms with van der Waals surface area (Å²) in [6, 6.07) is 15.1. The van der Waals surface area contributed by atoms with Crippen molar-refractivity contribution < 1.29 is 13.2 Å². The third-order valence-corrected chi connectivity index (χ3v) is 8.69. The van der Waals surface area contributed by atoms with Crippen molar-refractivity contribution in [2.45, 2.75) is 38.0 Å². The van der Waals surface area contributed by atoms with Gasteiger partial charge in [0.1, 0.15) is 4.90 Å². The van der Waals surface area contributed by atoms with Crippen LogP contribution in [0.1, 0.15) is 42.6 Å². The maximum Gasteiger partial charge on any atom is 0.253 e. The fourth-order valence-electron chi connectivity index (χ4n) is 4.27. The summed E-state index contributed by atoms with van der Waals surface area (Å²) in [7, 11) is -3.75. The first-order chi connectivity index (χ1) is 15.9. The highest BCUT2D eigenvalue weighted by atomic mass is 35.5. The van der Waals surface area contributed by atoms with E-state index in [1.807, 2.05) is 11.0 Å². The Morgan fingerprint density at radius 1 is 1.00 bits per heavy atom. The minimum Gasteiger partial charge on any atom is -0.337 e. The van der Waals surface area contributed by atoms with Crippen LogP contribution in [0.5, 0.6) is 0 Å². The first kappa shape index (κ1) is 25.7. The topological polar surface area (TPSA) is 60.9 Å². The summed E-state index contributed by atoms with van der Waals surface area (Å²) in [5.41, 5.74) is 1.71. The zero-order valence-electron chi connectivity index (χ0n) is 19.5. The minimum atomic E-state index is -3.75. The van der Waals surface area contributed by atoms with Gasteiger partial charge in [0.15, 0.2) is 0 Å². The van der Waals surface area contributed by atoms with Crippen molar-refractivity contribution >= 4 is 27.5 Å². The molecular weight excluding hydrogens is 458 g/mol. The van der Waals surface area contributed by atoms with Crippen LogP contribution in [0, 0.1) is 0 Å². The molecule has 6 nitrogen and oxygen atoms in total. The molecule has 1 saturated heterocycles. The molecule has 1 fully saturated rings. The van der Waals surface area contributed by atoms with E-state index < -0.39 is 10.0 Å². The predicted octanol–water partition coefficient (Wildman–Crippen LogP) is 4.15. The second-order valence-corrected chi connectivity index (χ2v) is 10.6. The van der Waals surface area contributed by atoms with Gasteiger partial charge < -0.3 is 9.80 Å². The molecule has 33 heavy (non-hydrogen) atoms. The standard InChI is InChI=1S/C25H34ClN3O3S/c1-3-29(4-2)33(31,32)24-20-22(13-14-23(24)26)25(30)28-17-9-16-27(18-19-28)15-8-12-21-10-6-5-7-11-21/h5-7,10-11,13-14,20H,3-4,8-9,12,15-19H2,1-2H3. The number of amides is 1. The highest BCUT2D eigenvalue weighted by molar-refractivity contribution is 7.89. The van der Waals surface area contributed by atoms with Crippen molar-refractivity contribution in [2.75, 3.05) is 45.8 Å². The van der Waals surface area contributed by atoms with Crippen LogP contribution in [0.25, 0.3) is 0 Å². The van der Waals surface area contributed by atoms with Gasteiger partial charge in [-0.15, -0.1) is 0 Å². The fraction of sp³-hybridized carbons (Fsp3) is 0.480. The van der Waals surface area contributed by atoms with Gasteiger partial charge in [-0.3, -0.25) is 4.79 Å². The molecule has 0 spiro atoms. The maximum absolute atomic E-state index is 13.2. The second-order valence-electron chi connectivity index (χ2n) is 8.31. The van der Waals surface area contributed by atoms with Crippen LogP contribution in [-0.2, 0) is 16.4 Å². The molecule has 0 N–H and O–H groups in total. The zero-order valence-corrected chi connectivity index (χ0v) is 21.1. The molecule has 1 heterocycles. The van der Waals surface area contributed by atoms with Gasteiger partial charge in [-0.1, -0.05) is 55.8 Å². The summed E-state index contributed by atoms with van der Waals surface area (Å²) >= 11 is 6.23. The van der Waals surface area contributed by atoms with Crippen LogP contribution >= 0.6 is 11.6 Å². The number of benzene rings is 2. The van der Waals surface area contributed by atoms with E-state index >= 15 is 0 Å². The van der Waals surface area contributed by atoms with Crippen LogP contribution < -0.4 is 0 Å². The Balaban J connectivity index is 1.63. The maximum atomic E-state index is 13.2. The van der Waals surface area contributed by atoms with Gasteiger partial charge in [-0.2, -0.15) is 4.31 Å². The third-order valence-electron chi connectivity index (χ3n) is 6.16. The number of carbonyl (C=O) groups excluding carboxylic acids is 1. The molecule has 1 aliphatic rings. The molecule has 0 aliphatic carbocycles. The lowest BCUT2D eigenvalue weighted by Gasteiger charge is -2.23. The Kier molecular flexibility index (Phi) is 9.32. The lowest BCUT2D eigenvalue weighted by atomic mass is 10.1. The number of carbonyl (C=O) groups is 1. The number of halogens is 1. The zero-order chi connectivity index (χ0) is 23.8. The van der Waals surface area contributed by atoms with Gasteiger partial charge in [0.25, 0.3) is 5.91 Å². The molecule has 0 atom stereocenters. The minimum absolute atomic E-state index is 0.00363. The average Bonchev–Trinajstić information content (AvgIpc) is 3.06. The lowest BCUT2D eigenvalue weighted by Crippen LogP contribution is -2.36. The van der Waals surface area contributed by atoms with Crippen LogP contribution in [0.4, 0.5) is 0 Å². The van der Waals surface area contributed by atoms with Gasteiger partial charge in [0, 0.05) is 38.3 Å². The third kappa shape index (κ3) is 6.57. The summed E-state index contributed by atoms with van der Waals surface area (Å²) < 4.78 is 27.3. The number of aryl methyl sites for hydroxylation is 1. The van der Waals surface area contributed by atoms with Crippen molar-refractivity contribution in [1.29, 1.82) is 0 Å². The molecule has 1 amide bonds. The molecule has 0 unspecified atom stereocenters. The highest BCUT2D eigenvalue weighted by Gasteiger charge is 2.27. The van der Waals surface area contributed by atoms with Crippen LogP contribution in [0.15, 0.2) is 53.4 Å². The largest absolute Gasteiger partial charge is 0.337 e. The Morgan fingerprint density at radius 2 is 1.73 bits per heavy atom. The number of hydrogen-bond acceptors (Lipinski definition) is 4. The van der Waals surface area contributed by atoms with Gasteiger partial charge in [0.05, 0.1) is 5.02 Å². The molecule has 180 valence electrons. The van der Waals surface area contributed by atoms with Crippen LogP contribution in [-0.4, -0.2) is 74.2 Å². The van der Waals surface area contributed by atoms with Gasteiger partial charge in [-0.05, 0) is 56.1 Å². The Bertz CT molecular complexity index is 1030. The number of nitrogens with zero attached hydrogens (tertiary/aromatic N) is 3. The number of sulfonamides is 1. The van der Waals surface area contributed by atoms with Crippen LogP contribution in [0.2, 0.25) is 5.02 Å². The van der Waals surface area contributed by atoms with E-state index in [2.05, 4.69) is 29.2 Å². The highest BCUT2D eigenvalue weighted by Crippen LogP contribution is 2.26. The quantitative estimate of drug-likeness (QED) is 0.528. The fourth-order valence-corrected chi connectivity index (χ4v) is 6.23. The first-order valence-corrected chi connectivity index (χ1v) is 13.5. The summed E-state index contributed by atoms with van der Waals surface area (Å²) in [6.45, 7) is 8.34. The monoisotopic (exact) mass is 491 g/mol. The van der Waals surface area contributed by atoms with E-state index in [4.69, 9.17) is 11.6 Å². The summed E-state index contributed by atoms with van der Waals surface area (Å²) in [6.07, 6.45) is 3.03. The molecule has 2 aromatic rings. The molecule has 2 aromatic carbocycles. The van der Waals surface area contributed by atoms with E-state index in [0.29, 0.717) is 31.7 Å². The molecule has 0 saturated carbocycles. The molecule has 0 aromatic heterocycles. The first-order valence-electron chi connectivity index (χ1n) is 11.7. The smallest absolute Gasteiger partial charge is 0.253 e. The van der Waals surface area contributed by atoms with Crippen LogP contribution in [0.3, 0.4) is 0 Å². The van der Waals surface area contributed by atoms with Gasteiger partial charge in [0.2, 0.25) is 10.0 Å². The molecule has 0 bridgehead atoms. The normalized spacial score (nSPS) is 15.6. The summed E-state index contributed by atoms with van der Waals surface area (Å²) in [5.74, 6) is -0.145. The average molecular weight is 492 g/mol. The van der Waals surface area contributed by atoms with E-state index in [9.17, 15) is 13.2 Å². The second kappa shape index (κ2) is 12.0. The number of hydrogen-bond donors (Lipinski definition) is 0. The molecule has 8 heteroatoms. The van der Waals surface area contributed by atoms with Crippen molar-refractivity contribution in [2.24, 2.45) is 0 Å². The molecule has 1 aliphatic heterocycles. The van der Waals surface area contributed by atoms with E-state index in [0.717, 1.165) is 38.9 Å². The number of rotatable bonds is 9. The van der Waals surface area contributed by atoms with Gasteiger partial charge >= 0.3 is 0 Å².